The molecule has 0 aromatic heterocycles. The number of ether oxygens (including phenoxy) is 2. The molecule has 1 aliphatic carbocycles. The van der Waals surface area contributed by atoms with Crippen LogP contribution in [0.1, 0.15) is 142 Å². The van der Waals surface area contributed by atoms with Gasteiger partial charge in [-0.2, -0.15) is 0 Å². The van der Waals surface area contributed by atoms with Gasteiger partial charge in [0.1, 0.15) is 43.2 Å². The molecule has 0 spiro atoms. The Balaban J connectivity index is 2.53. The summed E-state index contributed by atoms with van der Waals surface area (Å²) in [7, 11) is -5.14. The second-order valence-electron chi connectivity index (χ2n) is 15.5. The Labute approximate surface area is 377 Å². The number of phosphoric ester groups is 1. The summed E-state index contributed by atoms with van der Waals surface area (Å²) in [6.07, 6.45) is 37.5. The van der Waals surface area contributed by atoms with E-state index in [1.807, 2.05) is 0 Å². The highest BCUT2D eigenvalue weighted by Gasteiger charge is 2.51. The van der Waals surface area contributed by atoms with E-state index in [0.717, 1.165) is 83.5 Å². The van der Waals surface area contributed by atoms with Gasteiger partial charge < -0.3 is 39.9 Å². The van der Waals surface area contributed by atoms with Crippen LogP contribution in [0.2, 0.25) is 0 Å². The maximum absolute atomic E-state index is 12.8. The first-order valence-electron chi connectivity index (χ1n) is 23.0. The number of phosphoric acid groups is 1. The summed E-state index contributed by atoms with van der Waals surface area (Å²) >= 11 is 0. The zero-order valence-corrected chi connectivity index (χ0v) is 38.7. The number of aliphatic hydroxyl groups excluding tert-OH is 5. The number of rotatable bonds is 36. The first-order valence-corrected chi connectivity index (χ1v) is 24.5. The maximum Gasteiger partial charge on any atom is 0.472 e. The minimum Gasteiger partial charge on any atom is -0.462 e. The van der Waals surface area contributed by atoms with Gasteiger partial charge >= 0.3 is 19.8 Å². The summed E-state index contributed by atoms with van der Waals surface area (Å²) in [6.45, 7) is 3.07. The fraction of sp³-hybridized carbons (Fsp3) is 0.633. The lowest BCUT2D eigenvalue weighted by molar-refractivity contribution is -0.220. The van der Waals surface area contributed by atoms with Crippen LogP contribution in [-0.2, 0) is 32.7 Å². The molecule has 0 aromatic rings. The van der Waals surface area contributed by atoms with E-state index in [9.17, 15) is 44.6 Å². The molecule has 1 aliphatic rings. The third-order valence-electron chi connectivity index (χ3n) is 9.91. The van der Waals surface area contributed by atoms with Gasteiger partial charge in [-0.05, 0) is 96.3 Å². The quantitative estimate of drug-likeness (QED) is 0.0150. The molecule has 0 bridgehead atoms. The van der Waals surface area contributed by atoms with Gasteiger partial charge in [-0.1, -0.05) is 130 Å². The predicted octanol–water partition coefficient (Wildman–Crippen LogP) is 9.05. The zero-order chi connectivity index (χ0) is 46.4. The van der Waals surface area contributed by atoms with Crippen molar-refractivity contribution in [2.75, 3.05) is 13.2 Å². The second-order valence-corrected chi connectivity index (χ2v) is 16.9. The molecular formula is C49H79O13P. The molecule has 1 fully saturated rings. The molecule has 6 unspecified atom stereocenters. The van der Waals surface area contributed by atoms with Crippen molar-refractivity contribution in [2.24, 2.45) is 0 Å². The summed E-state index contributed by atoms with van der Waals surface area (Å²) in [5.41, 5.74) is 0. The number of carbonyl (C=O) groups is 2. The van der Waals surface area contributed by atoms with E-state index in [4.69, 9.17) is 18.5 Å². The fourth-order valence-corrected chi connectivity index (χ4v) is 7.17. The highest BCUT2D eigenvalue weighted by Crippen LogP contribution is 2.47. The van der Waals surface area contributed by atoms with Crippen LogP contribution in [0.4, 0.5) is 0 Å². The van der Waals surface area contributed by atoms with Crippen molar-refractivity contribution >= 4 is 19.8 Å². The third kappa shape index (κ3) is 30.5. The summed E-state index contributed by atoms with van der Waals surface area (Å²) < 4.78 is 33.4. The molecule has 6 N–H and O–H groups in total. The Bertz CT molecular complexity index is 1470. The van der Waals surface area contributed by atoms with Crippen LogP contribution in [0.5, 0.6) is 0 Å². The normalized spacial score (nSPS) is 22.6. The predicted molar refractivity (Wildman–Crippen MR) is 248 cm³/mol. The maximum atomic E-state index is 12.8. The van der Waals surface area contributed by atoms with Gasteiger partial charge in [-0.25, -0.2) is 4.57 Å². The first-order chi connectivity index (χ1) is 30.4. The molecule has 1 rings (SSSR count). The van der Waals surface area contributed by atoms with Gasteiger partial charge in [0, 0.05) is 12.8 Å². The van der Waals surface area contributed by atoms with E-state index in [2.05, 4.69) is 111 Å². The van der Waals surface area contributed by atoms with Crippen molar-refractivity contribution in [2.45, 2.75) is 185 Å². The van der Waals surface area contributed by atoms with E-state index in [1.165, 1.54) is 19.3 Å². The lowest BCUT2D eigenvalue weighted by Crippen LogP contribution is -2.64. The molecule has 1 saturated carbocycles. The van der Waals surface area contributed by atoms with Gasteiger partial charge in [0.25, 0.3) is 0 Å². The van der Waals surface area contributed by atoms with Crippen molar-refractivity contribution in [3.63, 3.8) is 0 Å². The van der Waals surface area contributed by atoms with Crippen molar-refractivity contribution in [1.29, 1.82) is 0 Å². The van der Waals surface area contributed by atoms with Crippen molar-refractivity contribution in [3.05, 3.63) is 97.2 Å². The Hall–Kier alpha value is -3.23. The first kappa shape index (κ1) is 57.8. The monoisotopic (exact) mass is 907 g/mol. The van der Waals surface area contributed by atoms with E-state index in [1.54, 1.807) is 0 Å². The van der Waals surface area contributed by atoms with Gasteiger partial charge in [0.2, 0.25) is 0 Å². The third-order valence-corrected chi connectivity index (χ3v) is 10.9. The molecule has 13 nitrogen and oxygen atoms in total. The number of hydrogen-bond acceptors (Lipinski definition) is 12. The number of allylic oxidation sites excluding steroid dienone is 16. The number of unbranched alkanes of at least 4 members (excludes halogenated alkanes) is 8. The summed E-state index contributed by atoms with van der Waals surface area (Å²) in [5.74, 6) is -1.20. The van der Waals surface area contributed by atoms with Crippen LogP contribution in [-0.4, -0.2) is 98.3 Å². The van der Waals surface area contributed by atoms with Gasteiger partial charge in [-0.15, -0.1) is 0 Å². The topological polar surface area (TPSA) is 210 Å². The van der Waals surface area contributed by atoms with E-state index in [-0.39, 0.29) is 12.8 Å². The highest BCUT2D eigenvalue weighted by molar-refractivity contribution is 7.47. The average molecular weight is 907 g/mol. The average Bonchev–Trinajstić information content (AvgIpc) is 3.26. The summed E-state index contributed by atoms with van der Waals surface area (Å²) in [6, 6.07) is 0. The van der Waals surface area contributed by atoms with Crippen LogP contribution < -0.4 is 0 Å². The fourth-order valence-electron chi connectivity index (χ4n) is 6.20. The summed E-state index contributed by atoms with van der Waals surface area (Å²) in [5, 5.41) is 50.1. The van der Waals surface area contributed by atoms with Crippen molar-refractivity contribution < 1.29 is 63.1 Å². The van der Waals surface area contributed by atoms with Gasteiger partial charge in [0.15, 0.2) is 6.10 Å². The number of hydrogen-bond donors (Lipinski definition) is 6. The molecule has 0 radical (unpaired) electrons. The number of esters is 2. The number of carbonyl (C=O) groups excluding carboxylic acids is 2. The van der Waals surface area contributed by atoms with Crippen LogP contribution in [0.25, 0.3) is 0 Å². The number of aliphatic hydroxyl groups is 5. The van der Waals surface area contributed by atoms with Crippen LogP contribution in [0.15, 0.2) is 97.2 Å². The van der Waals surface area contributed by atoms with Gasteiger partial charge in [-0.3, -0.25) is 18.6 Å². The minimum atomic E-state index is -5.14. The molecule has 0 aliphatic heterocycles. The van der Waals surface area contributed by atoms with Crippen molar-refractivity contribution in [3.8, 4) is 0 Å². The van der Waals surface area contributed by atoms with Crippen molar-refractivity contribution in [1.82, 2.24) is 0 Å². The molecule has 0 aromatic carbocycles. The van der Waals surface area contributed by atoms with E-state index in [0.29, 0.717) is 12.8 Å². The molecular weight excluding hydrogens is 827 g/mol. The molecule has 63 heavy (non-hydrogen) atoms. The van der Waals surface area contributed by atoms with E-state index < -0.39 is 75.7 Å². The lowest BCUT2D eigenvalue weighted by Gasteiger charge is -2.41. The Morgan fingerprint density at radius 2 is 0.905 bits per heavy atom. The van der Waals surface area contributed by atoms with Crippen LogP contribution in [0.3, 0.4) is 0 Å². The molecule has 0 saturated heterocycles. The zero-order valence-electron chi connectivity index (χ0n) is 37.8. The van der Waals surface area contributed by atoms with Gasteiger partial charge in [0.05, 0.1) is 6.61 Å². The molecule has 0 amide bonds. The standard InChI is InChI=1S/C49H79O13P/c1-3-5-7-9-11-13-15-17-19-20-21-22-24-26-28-30-32-34-36-38-43(51)61-41(40-60-63(57,58)62-49-47(55)45(53)44(52)46(54)48(49)56)39-59-42(50)37-35-33-31-29-27-25-23-18-16-14-12-10-8-6-4-2/h6,8,11-14,17-19,21-23,26-29,41,44-49,52-56H,3-5,7,9-10,15-16,20,24-25,30-40H2,1-2H3,(H,57,58)/b8-6+,13-11+,14-12+,19-17+,22-21+,23-18+,28-26+,29-27+/t41-,44?,45-,46?,47?,48?,49?/m1/s1. The highest BCUT2D eigenvalue weighted by atomic mass is 31.2. The van der Waals surface area contributed by atoms with Crippen LogP contribution in [0, 0.1) is 0 Å². The Morgan fingerprint density at radius 1 is 0.508 bits per heavy atom. The largest absolute Gasteiger partial charge is 0.472 e. The molecule has 8 atom stereocenters. The summed E-state index contributed by atoms with van der Waals surface area (Å²) in [4.78, 5) is 35.7. The van der Waals surface area contributed by atoms with E-state index >= 15 is 0 Å². The minimum absolute atomic E-state index is 0.0439. The lowest BCUT2D eigenvalue weighted by atomic mass is 9.85. The molecule has 358 valence electrons. The Kier molecular flexibility index (Phi) is 34.9. The smallest absolute Gasteiger partial charge is 0.462 e. The second kappa shape index (κ2) is 38.1. The SMILES string of the molecule is CC/C=C/C/C=C/C/C=C/C/C=C/CCCCC(=O)OC[C@H](COP(=O)(O)OC1C(O)C(O)C(O)[C@@H](O)C1O)OC(=O)CCCCC/C=C/C/C=C/C/C=C/C/C=C/CCCCC. The Morgan fingerprint density at radius 3 is 1.38 bits per heavy atom. The molecule has 14 heteroatoms. The van der Waals surface area contributed by atoms with Crippen LogP contribution >= 0.6 is 7.82 Å². The molecule has 0 heterocycles.